The van der Waals surface area contributed by atoms with Gasteiger partial charge in [-0.25, -0.2) is 9.67 Å². The van der Waals surface area contributed by atoms with Crippen LogP contribution in [0.3, 0.4) is 0 Å². The second-order valence-electron chi connectivity index (χ2n) is 6.79. The quantitative estimate of drug-likeness (QED) is 0.652. The number of aromatic nitrogens is 4. The molecule has 1 aliphatic rings. The Morgan fingerprint density at radius 2 is 2.00 bits per heavy atom. The number of benzene rings is 1. The SMILES string of the molecule is Cn1c(-c2ccccc2)cnc1SCC(=O)Nc1ccnn1C1CCCC1. The maximum Gasteiger partial charge on any atom is 0.235 e. The number of rotatable bonds is 6. The highest BCUT2D eigenvalue weighted by molar-refractivity contribution is 7.99. The summed E-state index contributed by atoms with van der Waals surface area (Å²) in [5.41, 5.74) is 2.15. The van der Waals surface area contributed by atoms with Gasteiger partial charge in [-0.2, -0.15) is 5.10 Å². The Labute approximate surface area is 163 Å². The number of carbonyl (C=O) groups is 1. The number of hydrogen-bond donors (Lipinski definition) is 1. The van der Waals surface area contributed by atoms with E-state index in [9.17, 15) is 4.79 Å². The number of nitrogens with zero attached hydrogens (tertiary/aromatic N) is 4. The lowest BCUT2D eigenvalue weighted by Gasteiger charge is -2.14. The molecule has 1 aromatic carbocycles. The van der Waals surface area contributed by atoms with Crippen molar-refractivity contribution in [2.75, 3.05) is 11.1 Å². The number of hydrogen-bond acceptors (Lipinski definition) is 4. The third-order valence-corrected chi connectivity index (χ3v) is 6.00. The number of carbonyl (C=O) groups excluding carboxylic acids is 1. The smallest absolute Gasteiger partial charge is 0.235 e. The zero-order chi connectivity index (χ0) is 18.6. The predicted molar refractivity (Wildman–Crippen MR) is 108 cm³/mol. The van der Waals surface area contributed by atoms with Gasteiger partial charge < -0.3 is 9.88 Å². The molecule has 6 nitrogen and oxygen atoms in total. The average Bonchev–Trinajstić information content (AvgIpc) is 3.42. The van der Waals surface area contributed by atoms with Crippen LogP contribution >= 0.6 is 11.8 Å². The molecule has 2 heterocycles. The van der Waals surface area contributed by atoms with Crippen LogP contribution in [0.5, 0.6) is 0 Å². The van der Waals surface area contributed by atoms with Crippen molar-refractivity contribution in [1.82, 2.24) is 19.3 Å². The highest BCUT2D eigenvalue weighted by Crippen LogP contribution is 2.31. The van der Waals surface area contributed by atoms with Crippen LogP contribution in [0.25, 0.3) is 11.3 Å². The summed E-state index contributed by atoms with van der Waals surface area (Å²) in [6.07, 6.45) is 8.34. The van der Waals surface area contributed by atoms with Gasteiger partial charge in [0.1, 0.15) is 5.82 Å². The Balaban J connectivity index is 1.38. The zero-order valence-electron chi connectivity index (χ0n) is 15.3. The van der Waals surface area contributed by atoms with Crippen LogP contribution in [-0.4, -0.2) is 31.0 Å². The van der Waals surface area contributed by atoms with Gasteiger partial charge in [0.25, 0.3) is 0 Å². The summed E-state index contributed by atoms with van der Waals surface area (Å²) < 4.78 is 3.99. The van der Waals surface area contributed by atoms with Crippen LogP contribution in [0.15, 0.2) is 53.9 Å². The molecule has 0 radical (unpaired) electrons. The molecule has 27 heavy (non-hydrogen) atoms. The van der Waals surface area contributed by atoms with Crippen molar-refractivity contribution < 1.29 is 4.79 Å². The molecule has 1 aliphatic carbocycles. The van der Waals surface area contributed by atoms with E-state index in [4.69, 9.17) is 0 Å². The fourth-order valence-electron chi connectivity index (χ4n) is 3.57. The van der Waals surface area contributed by atoms with Crippen LogP contribution in [0.1, 0.15) is 31.7 Å². The molecule has 1 amide bonds. The van der Waals surface area contributed by atoms with Gasteiger partial charge in [-0.1, -0.05) is 54.9 Å². The molecular formula is C20H23N5OS. The summed E-state index contributed by atoms with van der Waals surface area (Å²) in [4.78, 5) is 16.9. The largest absolute Gasteiger partial charge is 0.322 e. The summed E-state index contributed by atoms with van der Waals surface area (Å²) in [7, 11) is 1.98. The maximum absolute atomic E-state index is 12.4. The van der Waals surface area contributed by atoms with Crippen LogP contribution in [0.4, 0.5) is 5.82 Å². The first-order valence-corrected chi connectivity index (χ1v) is 10.2. The van der Waals surface area contributed by atoms with Gasteiger partial charge in [0.2, 0.25) is 5.91 Å². The van der Waals surface area contributed by atoms with Gasteiger partial charge in [-0.3, -0.25) is 4.79 Å². The molecule has 0 aliphatic heterocycles. The summed E-state index contributed by atoms with van der Waals surface area (Å²) >= 11 is 1.44. The lowest BCUT2D eigenvalue weighted by molar-refractivity contribution is -0.113. The van der Waals surface area contributed by atoms with Gasteiger partial charge in [0.15, 0.2) is 5.16 Å². The first-order chi connectivity index (χ1) is 13.2. The van der Waals surface area contributed by atoms with Crippen LogP contribution < -0.4 is 5.32 Å². The fraction of sp³-hybridized carbons (Fsp3) is 0.350. The van der Waals surface area contributed by atoms with Crippen LogP contribution in [0.2, 0.25) is 0 Å². The Hall–Kier alpha value is -2.54. The van der Waals surface area contributed by atoms with Crippen molar-refractivity contribution >= 4 is 23.5 Å². The molecular weight excluding hydrogens is 358 g/mol. The molecule has 1 N–H and O–H groups in total. The third kappa shape index (κ3) is 3.93. The highest BCUT2D eigenvalue weighted by Gasteiger charge is 2.20. The third-order valence-electron chi connectivity index (χ3n) is 4.96. The normalized spacial score (nSPS) is 14.6. The highest BCUT2D eigenvalue weighted by atomic mass is 32.2. The van der Waals surface area contributed by atoms with E-state index in [-0.39, 0.29) is 5.91 Å². The first-order valence-electron chi connectivity index (χ1n) is 9.25. The molecule has 7 heteroatoms. The molecule has 0 bridgehead atoms. The maximum atomic E-state index is 12.4. The second kappa shape index (κ2) is 8.00. The minimum atomic E-state index is -0.0380. The van der Waals surface area contributed by atoms with Crippen molar-refractivity contribution in [2.45, 2.75) is 36.9 Å². The molecule has 2 aromatic heterocycles. The van der Waals surface area contributed by atoms with Gasteiger partial charge in [0, 0.05) is 13.1 Å². The first kappa shape index (κ1) is 17.9. The van der Waals surface area contributed by atoms with Gasteiger partial charge in [-0.05, 0) is 18.4 Å². The standard InChI is InChI=1S/C20H23N5OS/c1-24-17(15-7-3-2-4-8-15)13-21-20(24)27-14-19(26)23-18-11-12-22-25(18)16-9-5-6-10-16/h2-4,7-8,11-13,16H,5-6,9-10,14H2,1H3,(H,23,26). The van der Waals surface area contributed by atoms with E-state index >= 15 is 0 Å². The van der Waals surface area contributed by atoms with Crippen molar-refractivity contribution in [3.8, 4) is 11.3 Å². The van der Waals surface area contributed by atoms with E-state index in [1.807, 2.05) is 46.8 Å². The molecule has 0 atom stereocenters. The molecule has 0 spiro atoms. The van der Waals surface area contributed by atoms with Crippen molar-refractivity contribution in [1.29, 1.82) is 0 Å². The topological polar surface area (TPSA) is 64.7 Å². The second-order valence-corrected chi connectivity index (χ2v) is 7.73. The molecule has 140 valence electrons. The summed E-state index contributed by atoms with van der Waals surface area (Å²) in [6, 6.07) is 12.4. The van der Waals surface area contributed by atoms with E-state index < -0.39 is 0 Å². The van der Waals surface area contributed by atoms with Crippen LogP contribution in [0, 0.1) is 0 Å². The monoisotopic (exact) mass is 381 g/mol. The minimum absolute atomic E-state index is 0.0380. The lowest BCUT2D eigenvalue weighted by Crippen LogP contribution is -2.19. The Morgan fingerprint density at radius 3 is 2.78 bits per heavy atom. The van der Waals surface area contributed by atoms with Crippen LogP contribution in [-0.2, 0) is 11.8 Å². The van der Waals surface area contributed by atoms with Gasteiger partial charge in [-0.15, -0.1) is 0 Å². The minimum Gasteiger partial charge on any atom is -0.322 e. The molecule has 1 fully saturated rings. The Kier molecular flexibility index (Phi) is 5.29. The van der Waals surface area contributed by atoms with E-state index in [1.54, 1.807) is 6.20 Å². The summed E-state index contributed by atoms with van der Waals surface area (Å²) in [5.74, 6) is 1.07. The van der Waals surface area contributed by atoms with Gasteiger partial charge in [0.05, 0.1) is 29.9 Å². The number of imidazole rings is 1. The number of amides is 1. The number of anilines is 1. The van der Waals surface area contributed by atoms with E-state index in [2.05, 4.69) is 27.5 Å². The van der Waals surface area contributed by atoms with Crippen molar-refractivity contribution in [3.05, 3.63) is 48.8 Å². The lowest BCUT2D eigenvalue weighted by atomic mass is 10.2. The fourth-order valence-corrected chi connectivity index (χ4v) is 4.32. The number of thioether (sulfide) groups is 1. The van der Waals surface area contributed by atoms with Gasteiger partial charge >= 0.3 is 0 Å². The van der Waals surface area contributed by atoms with Crippen molar-refractivity contribution in [2.24, 2.45) is 7.05 Å². The molecule has 0 saturated heterocycles. The summed E-state index contributed by atoms with van der Waals surface area (Å²) in [5, 5.41) is 8.23. The van der Waals surface area contributed by atoms with E-state index in [0.29, 0.717) is 11.8 Å². The molecule has 4 rings (SSSR count). The zero-order valence-corrected chi connectivity index (χ0v) is 16.2. The Bertz CT molecular complexity index is 912. The molecule has 3 aromatic rings. The average molecular weight is 382 g/mol. The summed E-state index contributed by atoms with van der Waals surface area (Å²) in [6.45, 7) is 0. The van der Waals surface area contributed by atoms with E-state index in [1.165, 1.54) is 24.6 Å². The van der Waals surface area contributed by atoms with Crippen molar-refractivity contribution in [3.63, 3.8) is 0 Å². The molecule has 1 saturated carbocycles. The molecule has 0 unspecified atom stereocenters. The van der Waals surface area contributed by atoms with E-state index in [0.717, 1.165) is 35.1 Å². The predicted octanol–water partition coefficient (Wildman–Crippen LogP) is 4.13. The number of nitrogens with one attached hydrogen (secondary N) is 1. The Morgan fingerprint density at radius 1 is 1.22 bits per heavy atom.